The molecule has 0 bridgehead atoms. The summed E-state index contributed by atoms with van der Waals surface area (Å²) in [6, 6.07) is 10.1. The van der Waals surface area contributed by atoms with E-state index in [1.54, 1.807) is 48.5 Å². The second-order valence-electron chi connectivity index (χ2n) is 7.14. The van der Waals surface area contributed by atoms with Gasteiger partial charge in [0.1, 0.15) is 5.75 Å². The Hall–Kier alpha value is -2.49. The van der Waals surface area contributed by atoms with E-state index >= 15 is 0 Å². The van der Waals surface area contributed by atoms with E-state index in [1.165, 1.54) is 6.07 Å². The van der Waals surface area contributed by atoms with Crippen LogP contribution in [-0.4, -0.2) is 52.6 Å². The van der Waals surface area contributed by atoms with Crippen molar-refractivity contribution >= 4 is 22.1 Å². The van der Waals surface area contributed by atoms with Crippen molar-refractivity contribution in [2.45, 2.75) is 23.3 Å². The summed E-state index contributed by atoms with van der Waals surface area (Å²) in [7, 11) is -2.06. The largest absolute Gasteiger partial charge is 0.593 e. The molecule has 2 aliphatic rings. The van der Waals surface area contributed by atoms with Gasteiger partial charge in [-0.1, -0.05) is 4.21 Å². The van der Waals surface area contributed by atoms with Gasteiger partial charge in [0.05, 0.1) is 19.2 Å². The molecule has 8 nitrogen and oxygen atoms in total. The highest BCUT2D eigenvalue weighted by molar-refractivity contribution is 7.96. The van der Waals surface area contributed by atoms with Gasteiger partial charge in [-0.05, 0) is 43.2 Å². The van der Waals surface area contributed by atoms with Gasteiger partial charge >= 0.3 is 0 Å². The summed E-state index contributed by atoms with van der Waals surface area (Å²) in [4.78, 5) is 19.1. The minimum absolute atomic E-state index is 0.0862. The molecule has 148 valence electrons. The lowest BCUT2D eigenvalue weighted by atomic mass is 9.88. The fraction of sp³-hybridized carbons (Fsp3) is 0.368. The van der Waals surface area contributed by atoms with Gasteiger partial charge in [-0.15, -0.1) is 4.72 Å². The van der Waals surface area contributed by atoms with Crippen LogP contribution in [0.2, 0.25) is 0 Å². The van der Waals surface area contributed by atoms with E-state index in [1.807, 2.05) is 0 Å². The van der Waals surface area contributed by atoms with Crippen LogP contribution in [0.1, 0.15) is 23.2 Å². The van der Waals surface area contributed by atoms with Crippen LogP contribution in [0.5, 0.6) is 5.75 Å². The molecular formula is C19H22N4O4S. The second-order valence-corrected chi connectivity index (χ2v) is 8.87. The Labute approximate surface area is 164 Å². The average molecular weight is 402 g/mol. The van der Waals surface area contributed by atoms with Gasteiger partial charge in [-0.3, -0.25) is 4.79 Å². The van der Waals surface area contributed by atoms with Gasteiger partial charge in [0.15, 0.2) is 16.2 Å². The quantitative estimate of drug-likeness (QED) is 0.741. The van der Waals surface area contributed by atoms with Gasteiger partial charge in [0.2, 0.25) is 4.90 Å². The summed E-state index contributed by atoms with van der Waals surface area (Å²) in [5.74, 6) is 0.928. The predicted molar refractivity (Wildman–Crippen MR) is 104 cm³/mol. The van der Waals surface area contributed by atoms with Crippen LogP contribution in [-0.2, 0) is 14.6 Å². The molecule has 2 N–H and O–H groups in total. The molecule has 0 aliphatic carbocycles. The minimum Gasteiger partial charge on any atom is -0.593 e. The van der Waals surface area contributed by atoms with Crippen LogP contribution in [0.4, 0.5) is 5.82 Å². The number of ether oxygens (including phenoxy) is 1. The van der Waals surface area contributed by atoms with Crippen molar-refractivity contribution in [1.29, 1.82) is 0 Å². The summed E-state index contributed by atoms with van der Waals surface area (Å²) in [6.45, 7) is 1.20. The highest BCUT2D eigenvalue weighted by atomic mass is 32.3. The Morgan fingerprint density at radius 3 is 2.86 bits per heavy atom. The first-order chi connectivity index (χ1) is 13.4. The highest BCUT2D eigenvalue weighted by Gasteiger charge is 2.43. The topological polar surface area (TPSA) is 107 Å². The molecule has 1 amide bonds. The molecule has 3 heterocycles. The number of likely N-dealkylation sites (tertiary alicyclic amines) is 1. The van der Waals surface area contributed by atoms with Crippen molar-refractivity contribution in [2.75, 3.05) is 32.1 Å². The maximum Gasteiger partial charge on any atom is 0.253 e. The van der Waals surface area contributed by atoms with E-state index in [2.05, 4.69) is 15.0 Å². The summed E-state index contributed by atoms with van der Waals surface area (Å²) >= 11 is 0. The van der Waals surface area contributed by atoms with Crippen molar-refractivity contribution in [3.05, 3.63) is 48.2 Å². The van der Waals surface area contributed by atoms with Crippen LogP contribution in [0.25, 0.3) is 0 Å². The number of methoxy groups -OCH3 is 1. The number of hydrogen-bond donors (Lipinski definition) is 2. The third-order valence-electron chi connectivity index (χ3n) is 5.25. The number of piperidine rings is 1. The smallest absolute Gasteiger partial charge is 0.253 e. The zero-order valence-corrected chi connectivity index (χ0v) is 16.3. The van der Waals surface area contributed by atoms with Crippen LogP contribution in [0.3, 0.4) is 0 Å². The Morgan fingerprint density at radius 2 is 2.11 bits per heavy atom. The van der Waals surface area contributed by atoms with Gasteiger partial charge < -0.3 is 19.5 Å². The maximum absolute atomic E-state index is 13.0. The van der Waals surface area contributed by atoms with Crippen LogP contribution in [0, 0.1) is 0 Å². The first-order valence-electron chi connectivity index (χ1n) is 9.09. The van der Waals surface area contributed by atoms with Crippen molar-refractivity contribution in [3.8, 4) is 5.75 Å². The number of nitrogens with zero attached hydrogens (tertiary/aromatic N) is 2. The monoisotopic (exact) mass is 402 g/mol. The number of nitrogens with one attached hydrogen (secondary N) is 2. The standard InChI is InChI=1S/C19H22N4O4S/c1-27-15-7-5-14(6-8-15)18(24)23-11-3-9-19(13-23)12-21-28(25,26)16-4-2-10-20-17(16)22-19/h2,4-8,10H,3,9,11-13H2,1H3,(H2-,20,21,22,25,26). The van der Waals surface area contributed by atoms with E-state index in [0.29, 0.717) is 30.2 Å². The number of pyridine rings is 1. The lowest BCUT2D eigenvalue weighted by molar-refractivity contribution is 0.0663. The number of anilines is 1. The van der Waals surface area contributed by atoms with Crippen molar-refractivity contribution in [1.82, 2.24) is 14.6 Å². The zero-order valence-electron chi connectivity index (χ0n) is 15.5. The normalized spacial score (nSPS) is 26.9. The molecule has 4 rings (SSSR count). The molecule has 1 saturated heterocycles. The molecule has 1 fully saturated rings. The number of benzene rings is 1. The fourth-order valence-electron chi connectivity index (χ4n) is 3.78. The first kappa shape index (κ1) is 18.9. The molecule has 2 unspecified atom stereocenters. The summed E-state index contributed by atoms with van der Waals surface area (Å²) in [6.07, 6.45) is 3.06. The van der Waals surface area contributed by atoms with Gasteiger partial charge in [0, 0.05) is 30.9 Å². The van der Waals surface area contributed by atoms with Gasteiger partial charge in [-0.2, -0.15) is 0 Å². The Kier molecular flexibility index (Phi) is 4.82. The fourth-order valence-corrected chi connectivity index (χ4v) is 5.01. The number of amides is 1. The third-order valence-corrected chi connectivity index (χ3v) is 6.68. The second kappa shape index (κ2) is 7.16. The molecule has 9 heteroatoms. The van der Waals surface area contributed by atoms with Crippen LogP contribution >= 0.6 is 0 Å². The maximum atomic E-state index is 13.0. The summed E-state index contributed by atoms with van der Waals surface area (Å²) < 4.78 is 32.9. The number of carbonyl (C=O) groups is 1. The number of carbonyl (C=O) groups excluding carboxylic acids is 1. The molecule has 1 spiro atoms. The number of sulfonamides is 1. The minimum atomic E-state index is -3.64. The van der Waals surface area contributed by atoms with Crippen molar-refractivity contribution < 1.29 is 18.3 Å². The number of aromatic nitrogens is 1. The zero-order chi connectivity index (χ0) is 19.8. The number of fused-ring (bicyclic) bond motifs is 1. The van der Waals surface area contributed by atoms with Crippen LogP contribution in [0.15, 0.2) is 47.5 Å². The molecule has 1 aromatic carbocycles. The molecule has 1 aromatic heterocycles. The molecule has 2 aromatic rings. The highest BCUT2D eigenvalue weighted by Crippen LogP contribution is 2.33. The van der Waals surface area contributed by atoms with Gasteiger partial charge in [0.25, 0.3) is 5.91 Å². The molecular weight excluding hydrogens is 380 g/mol. The van der Waals surface area contributed by atoms with Crippen molar-refractivity contribution in [3.63, 3.8) is 0 Å². The lowest BCUT2D eigenvalue weighted by Crippen LogP contribution is -2.59. The third kappa shape index (κ3) is 3.48. The molecule has 2 aliphatic heterocycles. The molecule has 0 radical (unpaired) electrons. The van der Waals surface area contributed by atoms with E-state index in [0.717, 1.165) is 12.8 Å². The molecule has 28 heavy (non-hydrogen) atoms. The van der Waals surface area contributed by atoms with E-state index in [-0.39, 0.29) is 17.3 Å². The van der Waals surface area contributed by atoms with Crippen LogP contribution < -0.4 is 14.8 Å². The number of rotatable bonds is 2. The van der Waals surface area contributed by atoms with E-state index in [4.69, 9.17) is 4.74 Å². The van der Waals surface area contributed by atoms with E-state index in [9.17, 15) is 13.6 Å². The Bertz CT molecular complexity index is 936. The molecule has 0 saturated carbocycles. The summed E-state index contributed by atoms with van der Waals surface area (Å²) in [5.41, 5.74) is -0.0295. The Morgan fingerprint density at radius 1 is 1.32 bits per heavy atom. The Balaban J connectivity index is 1.59. The lowest BCUT2D eigenvalue weighted by Gasteiger charge is -2.42. The predicted octanol–water partition coefficient (Wildman–Crippen LogP) is 1.68. The average Bonchev–Trinajstić information content (AvgIpc) is 2.82. The number of hydrogen-bond acceptors (Lipinski definition) is 6. The SMILES string of the molecule is COc1ccc(C(=O)N2CCCC3(CN[S+](=O)([O-])c4cccnc4N3)C2)cc1. The van der Waals surface area contributed by atoms with E-state index < -0.39 is 15.9 Å². The molecule has 2 atom stereocenters. The summed E-state index contributed by atoms with van der Waals surface area (Å²) in [5, 5.41) is 3.32. The van der Waals surface area contributed by atoms with Crippen molar-refractivity contribution in [2.24, 2.45) is 0 Å². The van der Waals surface area contributed by atoms with Gasteiger partial charge in [-0.25, -0.2) is 4.98 Å². The first-order valence-corrected chi connectivity index (χ1v) is 10.6.